The quantitative estimate of drug-likeness (QED) is 0.277. The van der Waals surface area contributed by atoms with E-state index in [9.17, 15) is 0 Å². The van der Waals surface area contributed by atoms with Gasteiger partial charge in [-0.2, -0.15) is 9.97 Å². The van der Waals surface area contributed by atoms with Crippen LogP contribution < -0.4 is 9.47 Å². The first-order valence-corrected chi connectivity index (χ1v) is 11.2. The summed E-state index contributed by atoms with van der Waals surface area (Å²) in [6, 6.07) is 16.3. The number of aromatic nitrogens is 3. The van der Waals surface area contributed by atoms with Crippen molar-refractivity contribution in [2.45, 2.75) is 26.4 Å². The number of rotatable bonds is 5. The molecule has 0 aliphatic carbocycles. The normalized spacial score (nSPS) is 11.3. The molecule has 0 fully saturated rings. The lowest BCUT2D eigenvalue weighted by Gasteiger charge is -2.22. The number of hydrogen-bond acceptors (Lipinski definition) is 5. The van der Waals surface area contributed by atoms with Crippen LogP contribution in [0.2, 0.25) is 15.1 Å². The second kappa shape index (κ2) is 9.56. The number of benzene rings is 2. The summed E-state index contributed by atoms with van der Waals surface area (Å²) < 4.78 is 12.2. The molecule has 33 heavy (non-hydrogen) atoms. The van der Waals surface area contributed by atoms with Crippen molar-refractivity contribution >= 4 is 34.8 Å². The van der Waals surface area contributed by atoms with Crippen molar-refractivity contribution < 1.29 is 9.47 Å². The summed E-state index contributed by atoms with van der Waals surface area (Å²) in [4.78, 5) is 13.5. The van der Waals surface area contributed by atoms with Crippen LogP contribution in [0.3, 0.4) is 0 Å². The first kappa shape index (κ1) is 23.3. The van der Waals surface area contributed by atoms with Gasteiger partial charge >= 0.3 is 6.01 Å². The SMILES string of the molecule is CC(C)(C)Oc1nc(Oc2cccnc2)c(-c2ccc(Cl)cc2)c(-c2ccc(Cl)cc2Cl)n1. The highest BCUT2D eigenvalue weighted by Crippen LogP contribution is 2.43. The molecule has 2 heterocycles. The second-order valence-electron chi connectivity index (χ2n) is 8.17. The van der Waals surface area contributed by atoms with Crippen LogP contribution in [0, 0.1) is 0 Å². The molecule has 0 aliphatic rings. The Kier molecular flexibility index (Phi) is 6.75. The lowest BCUT2D eigenvalue weighted by Crippen LogP contribution is -2.24. The minimum absolute atomic E-state index is 0.153. The first-order valence-electron chi connectivity index (χ1n) is 10.1. The van der Waals surface area contributed by atoms with E-state index < -0.39 is 5.60 Å². The molecule has 0 spiro atoms. The van der Waals surface area contributed by atoms with Crippen molar-refractivity contribution in [2.24, 2.45) is 0 Å². The molecular weight excluding hydrogens is 481 g/mol. The third kappa shape index (κ3) is 5.74. The van der Waals surface area contributed by atoms with Gasteiger partial charge in [0.1, 0.15) is 11.4 Å². The molecular formula is C25H20Cl3N3O2. The minimum atomic E-state index is -0.533. The first-order chi connectivity index (χ1) is 15.7. The average molecular weight is 501 g/mol. The van der Waals surface area contributed by atoms with Gasteiger partial charge in [-0.25, -0.2) is 0 Å². The lowest BCUT2D eigenvalue weighted by atomic mass is 10.00. The summed E-state index contributed by atoms with van der Waals surface area (Å²) >= 11 is 18.9. The predicted octanol–water partition coefficient (Wildman–Crippen LogP) is 8.14. The van der Waals surface area contributed by atoms with E-state index in [0.717, 1.165) is 5.56 Å². The van der Waals surface area contributed by atoms with Gasteiger partial charge in [0.25, 0.3) is 0 Å². The highest BCUT2D eigenvalue weighted by atomic mass is 35.5. The van der Waals surface area contributed by atoms with Crippen LogP contribution in [0.5, 0.6) is 17.6 Å². The van der Waals surface area contributed by atoms with Gasteiger partial charge in [0.2, 0.25) is 5.88 Å². The Morgan fingerprint density at radius 2 is 1.58 bits per heavy atom. The number of pyridine rings is 1. The van der Waals surface area contributed by atoms with Crippen LogP contribution in [-0.4, -0.2) is 20.6 Å². The molecule has 0 saturated heterocycles. The highest BCUT2D eigenvalue weighted by Gasteiger charge is 2.24. The van der Waals surface area contributed by atoms with Gasteiger partial charge in [0, 0.05) is 21.8 Å². The Morgan fingerprint density at radius 3 is 2.21 bits per heavy atom. The van der Waals surface area contributed by atoms with Crippen molar-refractivity contribution in [3.63, 3.8) is 0 Å². The lowest BCUT2D eigenvalue weighted by molar-refractivity contribution is 0.116. The van der Waals surface area contributed by atoms with Crippen molar-refractivity contribution in [1.29, 1.82) is 0 Å². The Morgan fingerprint density at radius 1 is 0.848 bits per heavy atom. The fourth-order valence-electron chi connectivity index (χ4n) is 3.09. The van der Waals surface area contributed by atoms with Gasteiger partial charge in [-0.05, 0) is 68.8 Å². The Hall–Kier alpha value is -2.86. The van der Waals surface area contributed by atoms with Crippen molar-refractivity contribution in [1.82, 2.24) is 15.0 Å². The monoisotopic (exact) mass is 499 g/mol. The summed E-state index contributed by atoms with van der Waals surface area (Å²) in [5, 5.41) is 1.56. The predicted molar refractivity (Wildman–Crippen MR) is 133 cm³/mol. The summed E-state index contributed by atoms with van der Waals surface area (Å²) in [6.07, 6.45) is 3.27. The van der Waals surface area contributed by atoms with E-state index in [1.54, 1.807) is 54.9 Å². The fraction of sp³-hybridized carbons (Fsp3) is 0.160. The smallest absolute Gasteiger partial charge is 0.320 e. The Balaban J connectivity index is 2.01. The largest absolute Gasteiger partial charge is 0.458 e. The molecule has 8 heteroatoms. The third-order valence-corrected chi connectivity index (χ3v) is 5.22. The molecule has 2 aromatic heterocycles. The number of hydrogen-bond donors (Lipinski definition) is 0. The minimum Gasteiger partial charge on any atom is -0.458 e. The van der Waals surface area contributed by atoms with Crippen LogP contribution in [0.1, 0.15) is 20.8 Å². The molecule has 4 rings (SSSR count). The average Bonchev–Trinajstić information content (AvgIpc) is 2.74. The van der Waals surface area contributed by atoms with E-state index in [4.69, 9.17) is 49.3 Å². The van der Waals surface area contributed by atoms with Gasteiger partial charge in [-0.3, -0.25) is 4.98 Å². The van der Waals surface area contributed by atoms with E-state index in [-0.39, 0.29) is 6.01 Å². The summed E-state index contributed by atoms with van der Waals surface area (Å²) in [7, 11) is 0. The van der Waals surface area contributed by atoms with E-state index in [1.807, 2.05) is 32.9 Å². The van der Waals surface area contributed by atoms with Crippen molar-refractivity contribution in [2.75, 3.05) is 0 Å². The standard InChI is InChI=1S/C25H20Cl3N3O2/c1-25(2,3)33-24-30-22(19-11-10-17(27)13-20(19)28)21(15-6-8-16(26)9-7-15)23(31-24)32-18-5-4-12-29-14-18/h4-14H,1-3H3. The van der Waals surface area contributed by atoms with Gasteiger partial charge in [-0.1, -0.05) is 46.9 Å². The van der Waals surface area contributed by atoms with Crippen LogP contribution in [0.25, 0.3) is 22.4 Å². The molecule has 2 aromatic carbocycles. The molecule has 4 aromatic rings. The van der Waals surface area contributed by atoms with Gasteiger partial charge in [0.15, 0.2) is 0 Å². The molecule has 5 nitrogen and oxygen atoms in total. The molecule has 0 aliphatic heterocycles. The van der Waals surface area contributed by atoms with Gasteiger partial charge in [-0.15, -0.1) is 0 Å². The van der Waals surface area contributed by atoms with Crippen LogP contribution in [0.4, 0.5) is 0 Å². The van der Waals surface area contributed by atoms with Crippen molar-refractivity contribution in [3.8, 4) is 40.0 Å². The molecule has 0 bridgehead atoms. The zero-order valence-corrected chi connectivity index (χ0v) is 20.4. The Bertz CT molecular complexity index is 1270. The van der Waals surface area contributed by atoms with E-state index >= 15 is 0 Å². The maximum Gasteiger partial charge on any atom is 0.320 e. The number of halogens is 3. The van der Waals surface area contributed by atoms with Gasteiger partial charge < -0.3 is 9.47 Å². The van der Waals surface area contributed by atoms with E-state index in [1.165, 1.54) is 0 Å². The van der Waals surface area contributed by atoms with E-state index in [2.05, 4.69) is 9.97 Å². The Labute approximate surface area is 207 Å². The number of ether oxygens (including phenoxy) is 2. The fourth-order valence-corrected chi connectivity index (χ4v) is 3.71. The van der Waals surface area contributed by atoms with Gasteiger partial charge in [0.05, 0.1) is 22.5 Å². The van der Waals surface area contributed by atoms with Crippen LogP contribution in [-0.2, 0) is 0 Å². The molecule has 0 unspecified atom stereocenters. The molecule has 0 radical (unpaired) electrons. The summed E-state index contributed by atoms with van der Waals surface area (Å²) in [6.45, 7) is 5.75. The topological polar surface area (TPSA) is 57.1 Å². The molecule has 0 N–H and O–H groups in total. The zero-order chi connectivity index (χ0) is 23.6. The third-order valence-electron chi connectivity index (χ3n) is 4.42. The van der Waals surface area contributed by atoms with Crippen molar-refractivity contribution in [3.05, 3.63) is 82.1 Å². The second-order valence-corrected chi connectivity index (χ2v) is 9.45. The summed E-state index contributed by atoms with van der Waals surface area (Å²) in [5.41, 5.74) is 2.08. The van der Waals surface area contributed by atoms with Crippen LogP contribution in [0.15, 0.2) is 67.0 Å². The maximum atomic E-state index is 6.59. The highest BCUT2D eigenvalue weighted by molar-refractivity contribution is 6.36. The molecule has 168 valence electrons. The molecule has 0 atom stereocenters. The zero-order valence-electron chi connectivity index (χ0n) is 18.1. The van der Waals surface area contributed by atoms with Crippen LogP contribution >= 0.6 is 34.8 Å². The maximum absolute atomic E-state index is 6.59. The van der Waals surface area contributed by atoms with E-state index in [0.29, 0.717) is 43.5 Å². The molecule has 0 saturated carbocycles. The summed E-state index contributed by atoms with van der Waals surface area (Å²) in [5.74, 6) is 0.807. The molecule has 0 amide bonds. The number of nitrogens with zero attached hydrogens (tertiary/aromatic N) is 3.